The van der Waals surface area contributed by atoms with Crippen LogP contribution in [0, 0.1) is 0 Å². The quantitative estimate of drug-likeness (QED) is 0.334. The van der Waals surface area contributed by atoms with Crippen LogP contribution < -0.4 is 14.8 Å². The molecule has 9 heteroatoms. The van der Waals surface area contributed by atoms with Crippen molar-refractivity contribution in [3.63, 3.8) is 0 Å². The number of esters is 1. The highest BCUT2D eigenvalue weighted by Crippen LogP contribution is 2.39. The van der Waals surface area contributed by atoms with Gasteiger partial charge in [0.1, 0.15) is 10.6 Å². The molecule has 1 amide bonds. The fourth-order valence-electron chi connectivity index (χ4n) is 3.08. The van der Waals surface area contributed by atoms with E-state index in [1.165, 1.54) is 23.1 Å². The number of methoxy groups -OCH3 is 2. The van der Waals surface area contributed by atoms with Gasteiger partial charge in [-0.25, -0.2) is 4.79 Å². The first kappa shape index (κ1) is 25.0. The van der Waals surface area contributed by atoms with Gasteiger partial charge in [0.15, 0.2) is 11.5 Å². The molecule has 0 aliphatic carbocycles. The molecule has 3 aromatic rings. The number of thiophene rings is 1. The SMILES string of the molecule is CCOC(=O)c1c(-c2ccc(OC)c(OC)c2)csc1NC(=O)CSCc1ccc(Cl)cc1. The van der Waals surface area contributed by atoms with Crippen molar-refractivity contribution in [2.75, 3.05) is 31.9 Å². The summed E-state index contributed by atoms with van der Waals surface area (Å²) in [6.45, 7) is 1.97. The summed E-state index contributed by atoms with van der Waals surface area (Å²) in [4.78, 5) is 25.4. The number of hydrogen-bond donors (Lipinski definition) is 1. The van der Waals surface area contributed by atoms with Gasteiger partial charge in [0, 0.05) is 21.7 Å². The van der Waals surface area contributed by atoms with E-state index in [2.05, 4.69) is 5.32 Å². The third-order valence-electron chi connectivity index (χ3n) is 4.63. The molecule has 1 heterocycles. The second-order valence-electron chi connectivity index (χ2n) is 6.81. The maximum atomic E-state index is 12.8. The first-order valence-corrected chi connectivity index (χ1v) is 12.5. The number of thioether (sulfide) groups is 1. The van der Waals surface area contributed by atoms with E-state index < -0.39 is 5.97 Å². The zero-order chi connectivity index (χ0) is 23.8. The fourth-order valence-corrected chi connectivity index (χ4v) is 4.96. The topological polar surface area (TPSA) is 73.9 Å². The van der Waals surface area contributed by atoms with Crippen LogP contribution in [0.15, 0.2) is 47.8 Å². The molecule has 1 N–H and O–H groups in total. The average Bonchev–Trinajstić information content (AvgIpc) is 3.23. The van der Waals surface area contributed by atoms with Crippen molar-refractivity contribution in [2.24, 2.45) is 0 Å². The van der Waals surface area contributed by atoms with Gasteiger partial charge in [0.05, 0.1) is 26.6 Å². The number of amides is 1. The summed E-state index contributed by atoms with van der Waals surface area (Å²) in [7, 11) is 3.11. The molecular formula is C24H24ClNO5S2. The Hall–Kier alpha value is -2.68. The Morgan fingerprint density at radius 3 is 2.45 bits per heavy atom. The molecule has 0 spiro atoms. The molecule has 0 atom stereocenters. The van der Waals surface area contributed by atoms with E-state index in [-0.39, 0.29) is 18.3 Å². The average molecular weight is 506 g/mol. The third-order valence-corrected chi connectivity index (χ3v) is 6.78. The number of hydrogen-bond acceptors (Lipinski definition) is 7. The van der Waals surface area contributed by atoms with Gasteiger partial charge >= 0.3 is 5.97 Å². The smallest absolute Gasteiger partial charge is 0.341 e. The van der Waals surface area contributed by atoms with Crippen molar-refractivity contribution in [3.05, 3.63) is 64.0 Å². The fraction of sp³-hybridized carbons (Fsp3) is 0.250. The zero-order valence-electron chi connectivity index (χ0n) is 18.5. The summed E-state index contributed by atoms with van der Waals surface area (Å²) >= 11 is 8.67. The van der Waals surface area contributed by atoms with Gasteiger partial charge in [0.2, 0.25) is 5.91 Å². The van der Waals surface area contributed by atoms with Crippen LogP contribution in [0.2, 0.25) is 5.02 Å². The first-order chi connectivity index (χ1) is 16.0. The number of rotatable bonds is 10. The second kappa shape index (κ2) is 12.0. The normalized spacial score (nSPS) is 10.5. The molecule has 3 rings (SSSR count). The van der Waals surface area contributed by atoms with Crippen LogP contribution in [0.4, 0.5) is 5.00 Å². The van der Waals surface area contributed by atoms with E-state index >= 15 is 0 Å². The standard InChI is InChI=1S/C24H24ClNO5S2/c1-4-31-24(28)22-18(16-7-10-19(29-2)20(11-16)30-3)13-33-23(22)26-21(27)14-32-12-15-5-8-17(25)9-6-15/h5-11,13H,4,12,14H2,1-3H3,(H,26,27). The lowest BCUT2D eigenvalue weighted by Gasteiger charge is -2.11. The molecule has 0 aliphatic rings. The summed E-state index contributed by atoms with van der Waals surface area (Å²) in [5.74, 6) is 1.36. The Balaban J connectivity index is 1.77. The molecule has 2 aromatic carbocycles. The van der Waals surface area contributed by atoms with Gasteiger partial charge in [-0.3, -0.25) is 4.79 Å². The highest BCUT2D eigenvalue weighted by atomic mass is 35.5. The Labute approximate surface area is 206 Å². The van der Waals surface area contributed by atoms with Crippen LogP contribution in [-0.4, -0.2) is 38.5 Å². The van der Waals surface area contributed by atoms with Crippen LogP contribution in [0.3, 0.4) is 0 Å². The summed E-state index contributed by atoms with van der Waals surface area (Å²) in [6, 6.07) is 12.9. The monoisotopic (exact) mass is 505 g/mol. The molecule has 0 radical (unpaired) electrons. The maximum absolute atomic E-state index is 12.8. The van der Waals surface area contributed by atoms with Gasteiger partial charge in [0.25, 0.3) is 0 Å². The van der Waals surface area contributed by atoms with Crippen molar-refractivity contribution in [1.82, 2.24) is 0 Å². The van der Waals surface area contributed by atoms with Crippen molar-refractivity contribution in [3.8, 4) is 22.6 Å². The number of carbonyl (C=O) groups is 2. The molecule has 174 valence electrons. The van der Waals surface area contributed by atoms with Gasteiger partial charge in [-0.1, -0.05) is 29.8 Å². The molecule has 0 unspecified atom stereocenters. The van der Waals surface area contributed by atoms with E-state index in [1.54, 1.807) is 33.3 Å². The van der Waals surface area contributed by atoms with E-state index in [1.807, 2.05) is 35.7 Å². The van der Waals surface area contributed by atoms with Crippen LogP contribution in [-0.2, 0) is 15.3 Å². The van der Waals surface area contributed by atoms with Crippen LogP contribution in [0.5, 0.6) is 11.5 Å². The Bertz CT molecular complexity index is 1110. The number of benzene rings is 2. The van der Waals surface area contributed by atoms with Gasteiger partial charge in [-0.15, -0.1) is 23.1 Å². The van der Waals surface area contributed by atoms with E-state index in [0.29, 0.717) is 38.4 Å². The number of carbonyl (C=O) groups excluding carboxylic acids is 2. The molecule has 0 bridgehead atoms. The third kappa shape index (κ3) is 6.43. The van der Waals surface area contributed by atoms with Gasteiger partial charge in [-0.2, -0.15) is 0 Å². The highest BCUT2D eigenvalue weighted by Gasteiger charge is 2.23. The van der Waals surface area contributed by atoms with Gasteiger partial charge < -0.3 is 19.5 Å². The summed E-state index contributed by atoms with van der Waals surface area (Å²) in [5, 5.41) is 5.82. The minimum Gasteiger partial charge on any atom is -0.493 e. The molecule has 0 saturated carbocycles. The predicted molar refractivity (Wildman–Crippen MR) is 135 cm³/mol. The molecule has 0 aliphatic heterocycles. The molecule has 0 fully saturated rings. The number of nitrogens with one attached hydrogen (secondary N) is 1. The lowest BCUT2D eigenvalue weighted by molar-refractivity contribution is -0.113. The maximum Gasteiger partial charge on any atom is 0.341 e. The summed E-state index contributed by atoms with van der Waals surface area (Å²) < 4.78 is 15.9. The minimum absolute atomic E-state index is 0.194. The van der Waals surface area contributed by atoms with Crippen LogP contribution >= 0.6 is 34.7 Å². The van der Waals surface area contributed by atoms with Crippen LogP contribution in [0.25, 0.3) is 11.1 Å². The van der Waals surface area contributed by atoms with Gasteiger partial charge in [-0.05, 0) is 42.3 Å². The number of halogens is 1. The van der Waals surface area contributed by atoms with E-state index in [0.717, 1.165) is 11.1 Å². The number of anilines is 1. The van der Waals surface area contributed by atoms with E-state index in [9.17, 15) is 9.59 Å². The zero-order valence-corrected chi connectivity index (χ0v) is 20.9. The molecular weight excluding hydrogens is 482 g/mol. The van der Waals surface area contributed by atoms with Crippen molar-refractivity contribution < 1.29 is 23.8 Å². The Morgan fingerprint density at radius 1 is 1.06 bits per heavy atom. The second-order valence-corrected chi connectivity index (χ2v) is 9.11. The summed E-state index contributed by atoms with van der Waals surface area (Å²) in [6.07, 6.45) is 0. The summed E-state index contributed by atoms with van der Waals surface area (Å²) in [5.41, 5.74) is 2.81. The molecule has 0 saturated heterocycles. The molecule has 1 aromatic heterocycles. The lowest BCUT2D eigenvalue weighted by Crippen LogP contribution is -2.16. The highest BCUT2D eigenvalue weighted by molar-refractivity contribution is 7.99. The minimum atomic E-state index is -0.493. The Kier molecular flexibility index (Phi) is 9.05. The largest absolute Gasteiger partial charge is 0.493 e. The number of ether oxygens (including phenoxy) is 3. The molecule has 33 heavy (non-hydrogen) atoms. The predicted octanol–water partition coefficient (Wildman–Crippen LogP) is 6.13. The lowest BCUT2D eigenvalue weighted by atomic mass is 10.0. The Morgan fingerprint density at radius 2 is 1.79 bits per heavy atom. The van der Waals surface area contributed by atoms with Crippen molar-refractivity contribution in [1.29, 1.82) is 0 Å². The first-order valence-electron chi connectivity index (χ1n) is 10.1. The van der Waals surface area contributed by atoms with Crippen molar-refractivity contribution in [2.45, 2.75) is 12.7 Å². The van der Waals surface area contributed by atoms with E-state index in [4.69, 9.17) is 25.8 Å². The van der Waals surface area contributed by atoms with Crippen LogP contribution in [0.1, 0.15) is 22.8 Å². The molecule has 6 nitrogen and oxygen atoms in total. The van der Waals surface area contributed by atoms with Crippen molar-refractivity contribution >= 4 is 51.6 Å².